The van der Waals surface area contributed by atoms with Crippen LogP contribution in [0.25, 0.3) is 0 Å². The number of methoxy groups -OCH3 is 1. The van der Waals surface area contributed by atoms with E-state index in [1.54, 1.807) is 13.3 Å². The highest BCUT2D eigenvalue weighted by Gasteiger charge is 2.54. The molecule has 0 bridgehead atoms. The third-order valence-electron chi connectivity index (χ3n) is 7.06. The van der Waals surface area contributed by atoms with Gasteiger partial charge >= 0.3 is 0 Å². The topological polar surface area (TPSA) is 63.1 Å². The molecule has 1 heterocycles. The largest absolute Gasteiger partial charge is 0.493 e. The standard InChI is InChI=1S/C31H36N2O3/c1-4-20-31(21-13-22-33-31)30(2,36-27-19-12-11-18-26(27)35-3)28(34)23-32-29(24-14-7-5-8-15-24)25-16-9-6-10-17-25/h5-19,21-22,28-29,32,34H,4,20,23H2,1-3H3. The first-order valence-corrected chi connectivity index (χ1v) is 12.6. The van der Waals surface area contributed by atoms with Gasteiger partial charge in [0.15, 0.2) is 17.1 Å². The molecule has 3 aromatic carbocycles. The molecule has 0 saturated heterocycles. The van der Waals surface area contributed by atoms with Gasteiger partial charge in [0, 0.05) is 12.8 Å². The summed E-state index contributed by atoms with van der Waals surface area (Å²) in [6.45, 7) is 4.38. The van der Waals surface area contributed by atoms with Gasteiger partial charge in [-0.05, 0) is 42.7 Å². The van der Waals surface area contributed by atoms with E-state index in [1.165, 1.54) is 0 Å². The quantitative estimate of drug-likeness (QED) is 0.343. The zero-order valence-electron chi connectivity index (χ0n) is 21.3. The molecular formula is C31H36N2O3. The second-order valence-electron chi connectivity index (χ2n) is 9.35. The summed E-state index contributed by atoms with van der Waals surface area (Å²) in [5.41, 5.74) is 0.487. The first kappa shape index (κ1) is 25.7. The lowest BCUT2D eigenvalue weighted by Crippen LogP contribution is -2.63. The number of aliphatic hydroxyl groups excluding tert-OH is 1. The summed E-state index contributed by atoms with van der Waals surface area (Å²) in [6.07, 6.45) is 6.55. The number of aliphatic hydroxyl groups is 1. The van der Waals surface area contributed by atoms with E-state index < -0.39 is 17.2 Å². The van der Waals surface area contributed by atoms with Crippen molar-refractivity contribution in [3.05, 3.63) is 108 Å². The van der Waals surface area contributed by atoms with Crippen LogP contribution in [0.15, 0.2) is 102 Å². The predicted molar refractivity (Wildman–Crippen MR) is 146 cm³/mol. The van der Waals surface area contributed by atoms with E-state index >= 15 is 0 Å². The molecular weight excluding hydrogens is 448 g/mol. The van der Waals surface area contributed by atoms with E-state index in [9.17, 15) is 5.11 Å². The Morgan fingerprint density at radius 1 is 0.917 bits per heavy atom. The minimum Gasteiger partial charge on any atom is -0.493 e. The van der Waals surface area contributed by atoms with E-state index in [0.29, 0.717) is 18.0 Å². The van der Waals surface area contributed by atoms with Crippen molar-refractivity contribution in [1.29, 1.82) is 0 Å². The highest BCUT2D eigenvalue weighted by Crippen LogP contribution is 2.43. The van der Waals surface area contributed by atoms with Gasteiger partial charge in [-0.3, -0.25) is 4.99 Å². The lowest BCUT2D eigenvalue weighted by Gasteiger charge is -2.46. The average Bonchev–Trinajstić information content (AvgIpc) is 3.41. The van der Waals surface area contributed by atoms with Crippen LogP contribution < -0.4 is 14.8 Å². The molecule has 0 aliphatic carbocycles. The SMILES string of the molecule is CCCC1(C(C)(Oc2ccccc2OC)C(O)CNC(c2ccccc2)c2ccccc2)C=CC=N1. The van der Waals surface area contributed by atoms with Crippen molar-refractivity contribution in [2.24, 2.45) is 4.99 Å². The summed E-state index contributed by atoms with van der Waals surface area (Å²) in [5, 5.41) is 15.5. The predicted octanol–water partition coefficient (Wildman–Crippen LogP) is 5.75. The van der Waals surface area contributed by atoms with Crippen LogP contribution in [-0.2, 0) is 0 Å². The zero-order chi connectivity index (χ0) is 25.4. The Labute approximate surface area is 214 Å². The minimum absolute atomic E-state index is 0.0812. The first-order valence-electron chi connectivity index (χ1n) is 12.6. The van der Waals surface area contributed by atoms with E-state index in [0.717, 1.165) is 24.0 Å². The number of rotatable bonds is 12. The monoisotopic (exact) mass is 484 g/mol. The summed E-state index contributed by atoms with van der Waals surface area (Å²) in [7, 11) is 1.62. The molecule has 0 aromatic heterocycles. The molecule has 3 atom stereocenters. The van der Waals surface area contributed by atoms with Crippen LogP contribution in [-0.4, -0.2) is 42.2 Å². The molecule has 188 valence electrons. The van der Waals surface area contributed by atoms with Crippen LogP contribution in [0.2, 0.25) is 0 Å². The van der Waals surface area contributed by atoms with Crippen LogP contribution in [0.4, 0.5) is 0 Å². The molecule has 1 aliphatic heterocycles. The number of aliphatic imine (C=N–C) groups is 1. The van der Waals surface area contributed by atoms with E-state index in [2.05, 4.69) is 42.6 Å². The Hall–Kier alpha value is -3.41. The number of para-hydroxylation sites is 2. The summed E-state index contributed by atoms with van der Waals surface area (Å²) in [4.78, 5) is 4.86. The molecule has 0 radical (unpaired) electrons. The molecule has 0 amide bonds. The van der Waals surface area contributed by atoms with Crippen molar-refractivity contribution in [2.75, 3.05) is 13.7 Å². The number of allylic oxidation sites excluding steroid dienone is 1. The molecule has 2 N–H and O–H groups in total. The van der Waals surface area contributed by atoms with Gasteiger partial charge in [0.05, 0.1) is 13.2 Å². The van der Waals surface area contributed by atoms with Crippen molar-refractivity contribution >= 4 is 6.21 Å². The number of nitrogens with zero attached hydrogens (tertiary/aromatic N) is 1. The van der Waals surface area contributed by atoms with Crippen LogP contribution in [0.1, 0.15) is 43.9 Å². The lowest BCUT2D eigenvalue weighted by atomic mass is 9.74. The number of ether oxygens (including phenoxy) is 2. The molecule has 3 unspecified atom stereocenters. The highest BCUT2D eigenvalue weighted by molar-refractivity contribution is 5.76. The average molecular weight is 485 g/mol. The van der Waals surface area contributed by atoms with Gasteiger partial charge in [0.25, 0.3) is 0 Å². The maximum atomic E-state index is 11.9. The van der Waals surface area contributed by atoms with Gasteiger partial charge < -0.3 is 19.9 Å². The van der Waals surface area contributed by atoms with Crippen molar-refractivity contribution in [2.45, 2.75) is 50.0 Å². The highest BCUT2D eigenvalue weighted by atomic mass is 16.5. The fourth-order valence-electron chi connectivity index (χ4n) is 5.01. The third-order valence-corrected chi connectivity index (χ3v) is 7.06. The molecule has 36 heavy (non-hydrogen) atoms. The molecule has 0 spiro atoms. The van der Waals surface area contributed by atoms with E-state index in [4.69, 9.17) is 14.5 Å². The first-order chi connectivity index (χ1) is 17.5. The molecule has 5 nitrogen and oxygen atoms in total. The second-order valence-corrected chi connectivity index (χ2v) is 9.35. The minimum atomic E-state index is -1.06. The zero-order valence-corrected chi connectivity index (χ0v) is 21.3. The molecule has 0 fully saturated rings. The van der Waals surface area contributed by atoms with Gasteiger partial charge in [-0.25, -0.2) is 0 Å². The number of hydrogen-bond donors (Lipinski definition) is 2. The Kier molecular flexibility index (Phi) is 8.24. The molecule has 1 aliphatic rings. The summed E-state index contributed by atoms with van der Waals surface area (Å²) in [6, 6.07) is 28.0. The fourth-order valence-corrected chi connectivity index (χ4v) is 5.01. The lowest BCUT2D eigenvalue weighted by molar-refractivity contribution is -0.0797. The Bertz CT molecular complexity index is 1110. The van der Waals surface area contributed by atoms with E-state index in [-0.39, 0.29) is 6.04 Å². The van der Waals surface area contributed by atoms with Crippen LogP contribution in [0, 0.1) is 0 Å². The Morgan fingerprint density at radius 3 is 2.03 bits per heavy atom. The molecule has 4 rings (SSSR count). The normalized spacial score (nSPS) is 19.2. The van der Waals surface area contributed by atoms with Crippen LogP contribution >= 0.6 is 0 Å². The Morgan fingerprint density at radius 2 is 1.50 bits per heavy atom. The summed E-state index contributed by atoms with van der Waals surface area (Å²) >= 11 is 0. The number of nitrogens with one attached hydrogen (secondary N) is 1. The van der Waals surface area contributed by atoms with Gasteiger partial charge in [-0.1, -0.05) is 92.2 Å². The fraction of sp³-hybridized carbons (Fsp3) is 0.323. The van der Waals surface area contributed by atoms with Gasteiger partial charge in [0.1, 0.15) is 11.6 Å². The number of hydrogen-bond acceptors (Lipinski definition) is 5. The van der Waals surface area contributed by atoms with Crippen molar-refractivity contribution in [3.8, 4) is 11.5 Å². The Balaban J connectivity index is 1.67. The maximum Gasteiger partial charge on any atom is 0.162 e. The number of benzene rings is 3. The summed E-state index contributed by atoms with van der Waals surface area (Å²) in [5.74, 6) is 1.20. The smallest absolute Gasteiger partial charge is 0.162 e. The van der Waals surface area contributed by atoms with Crippen LogP contribution in [0.3, 0.4) is 0 Å². The van der Waals surface area contributed by atoms with E-state index in [1.807, 2.05) is 73.7 Å². The van der Waals surface area contributed by atoms with Crippen molar-refractivity contribution in [3.63, 3.8) is 0 Å². The van der Waals surface area contributed by atoms with Crippen molar-refractivity contribution in [1.82, 2.24) is 5.32 Å². The summed E-state index contributed by atoms with van der Waals surface area (Å²) < 4.78 is 12.3. The molecule has 5 heteroatoms. The molecule has 3 aromatic rings. The maximum absolute atomic E-state index is 11.9. The van der Waals surface area contributed by atoms with Gasteiger partial charge in [0.2, 0.25) is 0 Å². The van der Waals surface area contributed by atoms with Gasteiger partial charge in [-0.15, -0.1) is 0 Å². The van der Waals surface area contributed by atoms with Crippen molar-refractivity contribution < 1.29 is 14.6 Å². The second kappa shape index (κ2) is 11.5. The molecule has 0 saturated carbocycles. The van der Waals surface area contributed by atoms with Gasteiger partial charge in [-0.2, -0.15) is 0 Å². The third kappa shape index (κ3) is 5.23. The van der Waals surface area contributed by atoms with Crippen LogP contribution in [0.5, 0.6) is 11.5 Å².